The lowest BCUT2D eigenvalue weighted by atomic mass is 10.1. The highest BCUT2D eigenvalue weighted by Crippen LogP contribution is 2.06. The summed E-state index contributed by atoms with van der Waals surface area (Å²) >= 11 is 1.36. The van der Waals surface area contributed by atoms with E-state index >= 15 is 0 Å². The minimum Gasteiger partial charge on any atom is -0.330 e. The van der Waals surface area contributed by atoms with Gasteiger partial charge in [-0.1, -0.05) is 38.3 Å². The Morgan fingerprint density at radius 3 is 1.90 bits per heavy atom. The van der Waals surface area contributed by atoms with Crippen LogP contribution in [0.25, 0.3) is 0 Å². The fourth-order valence-electron chi connectivity index (χ4n) is 1.70. The standard InChI is InChI=1S/C12H22N2S.C5H13N/c13-10-8-6-4-2-1-3-5-7-9-11-15-12-14;1-2-3-4-5-6/h1-2H,3-11,13H2;2-6H2,1H3/b2-1-;. The Labute approximate surface area is 136 Å². The molecule has 0 aromatic carbocycles. The molecule has 0 spiro atoms. The molecule has 0 aliphatic heterocycles. The van der Waals surface area contributed by atoms with E-state index in [0.29, 0.717) is 0 Å². The third kappa shape index (κ3) is 28.4. The van der Waals surface area contributed by atoms with E-state index in [1.165, 1.54) is 69.5 Å². The summed E-state index contributed by atoms with van der Waals surface area (Å²) in [4.78, 5) is 0. The molecular weight excluding hydrogens is 278 g/mol. The Morgan fingerprint density at radius 2 is 1.43 bits per heavy atom. The summed E-state index contributed by atoms with van der Waals surface area (Å²) in [5, 5.41) is 10.4. The second-order valence-electron chi connectivity index (χ2n) is 5.04. The highest BCUT2D eigenvalue weighted by molar-refractivity contribution is 8.03. The van der Waals surface area contributed by atoms with Gasteiger partial charge in [-0.3, -0.25) is 0 Å². The van der Waals surface area contributed by atoms with Gasteiger partial charge in [-0.15, -0.1) is 0 Å². The molecule has 0 saturated carbocycles. The average Bonchev–Trinajstić information content (AvgIpc) is 2.51. The third-order valence-electron chi connectivity index (χ3n) is 2.98. The molecule has 0 radical (unpaired) electrons. The van der Waals surface area contributed by atoms with Gasteiger partial charge in [0, 0.05) is 5.75 Å². The van der Waals surface area contributed by atoms with Crippen LogP contribution in [0, 0.1) is 10.7 Å². The summed E-state index contributed by atoms with van der Waals surface area (Å²) in [7, 11) is 0. The average molecular weight is 314 g/mol. The summed E-state index contributed by atoms with van der Waals surface area (Å²) in [6.45, 7) is 3.84. The van der Waals surface area contributed by atoms with Crippen molar-refractivity contribution in [2.45, 2.75) is 71.1 Å². The zero-order valence-electron chi connectivity index (χ0n) is 13.9. The molecule has 0 aromatic heterocycles. The Hall–Kier alpha value is -0.500. The van der Waals surface area contributed by atoms with Crippen molar-refractivity contribution in [2.24, 2.45) is 11.5 Å². The SMILES string of the molecule is CCCCCN.N#CSCCCCC/C=C\CCCCN. The van der Waals surface area contributed by atoms with Crippen LogP contribution in [0.3, 0.4) is 0 Å². The van der Waals surface area contributed by atoms with Gasteiger partial charge < -0.3 is 11.5 Å². The molecule has 0 aromatic rings. The molecule has 0 atom stereocenters. The molecule has 0 rings (SSSR count). The van der Waals surface area contributed by atoms with Crippen molar-refractivity contribution in [1.82, 2.24) is 0 Å². The molecule has 0 aliphatic carbocycles. The van der Waals surface area contributed by atoms with E-state index in [0.717, 1.165) is 25.3 Å². The fraction of sp³-hybridized carbons (Fsp3) is 0.824. The van der Waals surface area contributed by atoms with E-state index in [1.807, 2.05) is 0 Å². The molecule has 0 saturated heterocycles. The van der Waals surface area contributed by atoms with Gasteiger partial charge in [0.05, 0.1) is 0 Å². The van der Waals surface area contributed by atoms with Crippen molar-refractivity contribution in [1.29, 1.82) is 5.26 Å². The molecule has 21 heavy (non-hydrogen) atoms. The van der Waals surface area contributed by atoms with Crippen LogP contribution in [0.5, 0.6) is 0 Å². The Morgan fingerprint density at radius 1 is 0.857 bits per heavy atom. The van der Waals surface area contributed by atoms with E-state index in [2.05, 4.69) is 24.5 Å². The zero-order valence-corrected chi connectivity index (χ0v) is 14.7. The summed E-state index contributed by atoms with van der Waals surface area (Å²) in [6.07, 6.45) is 16.6. The number of hydrogen-bond acceptors (Lipinski definition) is 4. The number of thiocyanates is 1. The lowest BCUT2D eigenvalue weighted by molar-refractivity contribution is 0.727. The van der Waals surface area contributed by atoms with Crippen molar-refractivity contribution in [2.75, 3.05) is 18.8 Å². The molecule has 4 heteroatoms. The van der Waals surface area contributed by atoms with Gasteiger partial charge in [0.25, 0.3) is 0 Å². The summed E-state index contributed by atoms with van der Waals surface area (Å²) in [5.74, 6) is 0.983. The topological polar surface area (TPSA) is 75.8 Å². The largest absolute Gasteiger partial charge is 0.330 e. The maximum absolute atomic E-state index is 8.30. The van der Waals surface area contributed by atoms with Gasteiger partial charge in [-0.05, 0) is 69.8 Å². The van der Waals surface area contributed by atoms with E-state index < -0.39 is 0 Å². The van der Waals surface area contributed by atoms with Crippen LogP contribution in [0.1, 0.15) is 71.1 Å². The molecule has 4 N–H and O–H groups in total. The van der Waals surface area contributed by atoms with Crippen LogP contribution in [-0.2, 0) is 0 Å². The molecule has 3 nitrogen and oxygen atoms in total. The predicted octanol–water partition coefficient (Wildman–Crippen LogP) is 4.58. The third-order valence-corrected chi connectivity index (χ3v) is 3.60. The van der Waals surface area contributed by atoms with Crippen LogP contribution >= 0.6 is 11.8 Å². The van der Waals surface area contributed by atoms with Crippen LogP contribution in [0.4, 0.5) is 0 Å². The number of rotatable bonds is 13. The van der Waals surface area contributed by atoms with Crippen LogP contribution in [0.2, 0.25) is 0 Å². The van der Waals surface area contributed by atoms with Gasteiger partial charge in [0.1, 0.15) is 5.40 Å². The monoisotopic (exact) mass is 313 g/mol. The van der Waals surface area contributed by atoms with Crippen LogP contribution < -0.4 is 11.5 Å². The molecule has 0 aliphatic rings. The van der Waals surface area contributed by atoms with Gasteiger partial charge in [-0.2, -0.15) is 5.26 Å². The lowest BCUT2D eigenvalue weighted by Gasteiger charge is -1.95. The molecule has 0 bridgehead atoms. The first kappa shape index (κ1) is 22.8. The minimum atomic E-state index is 0.810. The number of nitrogens with two attached hydrogens (primary N) is 2. The van der Waals surface area contributed by atoms with Crippen molar-refractivity contribution in [3.8, 4) is 5.40 Å². The number of nitriles is 1. The second-order valence-corrected chi connectivity index (χ2v) is 5.92. The van der Waals surface area contributed by atoms with Gasteiger partial charge in [0.2, 0.25) is 0 Å². The van der Waals surface area contributed by atoms with Crippen LogP contribution in [-0.4, -0.2) is 18.8 Å². The molecular formula is C17H35N3S. The number of hydrogen-bond donors (Lipinski definition) is 2. The highest BCUT2D eigenvalue weighted by atomic mass is 32.2. The Bertz CT molecular complexity index is 233. The maximum atomic E-state index is 8.30. The van der Waals surface area contributed by atoms with Crippen molar-refractivity contribution < 1.29 is 0 Å². The fourth-order valence-corrected chi connectivity index (χ4v) is 2.14. The number of thioether (sulfide) groups is 1. The molecule has 0 heterocycles. The number of unbranched alkanes of at least 4 members (excludes halogenated alkanes) is 7. The predicted molar refractivity (Wildman–Crippen MR) is 97.2 cm³/mol. The van der Waals surface area contributed by atoms with Crippen molar-refractivity contribution in [3.05, 3.63) is 12.2 Å². The Kier molecular flexibility index (Phi) is 26.6. The Balaban J connectivity index is 0. The normalized spacial score (nSPS) is 10.2. The smallest absolute Gasteiger partial charge is 0.133 e. The minimum absolute atomic E-state index is 0.810. The number of allylic oxidation sites excluding steroid dienone is 2. The maximum Gasteiger partial charge on any atom is 0.133 e. The van der Waals surface area contributed by atoms with E-state index in [4.69, 9.17) is 16.7 Å². The highest BCUT2D eigenvalue weighted by Gasteiger charge is 1.88. The first-order chi connectivity index (χ1) is 10.3. The summed E-state index contributed by atoms with van der Waals surface area (Å²) < 4.78 is 0. The van der Waals surface area contributed by atoms with Gasteiger partial charge in [0.15, 0.2) is 0 Å². The number of nitrogens with zero attached hydrogens (tertiary/aromatic N) is 1. The quantitative estimate of drug-likeness (QED) is 0.296. The second kappa shape index (κ2) is 24.5. The van der Waals surface area contributed by atoms with E-state index in [-0.39, 0.29) is 0 Å². The first-order valence-electron chi connectivity index (χ1n) is 8.39. The van der Waals surface area contributed by atoms with Crippen LogP contribution in [0.15, 0.2) is 12.2 Å². The summed E-state index contributed by atoms with van der Waals surface area (Å²) in [5.41, 5.74) is 10.6. The van der Waals surface area contributed by atoms with Gasteiger partial charge in [-0.25, -0.2) is 0 Å². The van der Waals surface area contributed by atoms with Gasteiger partial charge >= 0.3 is 0 Å². The van der Waals surface area contributed by atoms with E-state index in [9.17, 15) is 0 Å². The molecule has 0 fully saturated rings. The molecule has 124 valence electrons. The summed E-state index contributed by atoms with van der Waals surface area (Å²) in [6, 6.07) is 0. The molecule has 0 unspecified atom stereocenters. The lowest BCUT2D eigenvalue weighted by Crippen LogP contribution is -1.96. The zero-order chi connectivity index (χ0) is 16.0. The van der Waals surface area contributed by atoms with Crippen molar-refractivity contribution >= 4 is 11.8 Å². The molecule has 0 amide bonds. The van der Waals surface area contributed by atoms with Crippen molar-refractivity contribution in [3.63, 3.8) is 0 Å². The van der Waals surface area contributed by atoms with E-state index in [1.54, 1.807) is 0 Å². The first-order valence-corrected chi connectivity index (χ1v) is 9.38.